The Morgan fingerprint density at radius 1 is 1.18 bits per heavy atom. The second kappa shape index (κ2) is 7.10. The average molecular weight is 242 g/mol. The average Bonchev–Trinajstić information content (AvgIpc) is 2.20. The number of carboxylic acids is 1. The van der Waals surface area contributed by atoms with E-state index in [2.05, 4.69) is 0 Å². The molecule has 0 spiro atoms. The van der Waals surface area contributed by atoms with Gasteiger partial charge in [-0.25, -0.2) is 9.59 Å². The first-order chi connectivity index (χ1) is 7.90. The molecule has 0 bridgehead atoms. The van der Waals surface area contributed by atoms with Crippen LogP contribution in [0.3, 0.4) is 0 Å². The Labute approximate surface area is 97.8 Å². The molecule has 0 aliphatic carbocycles. The van der Waals surface area contributed by atoms with E-state index in [1.807, 2.05) is 6.92 Å². The Hall–Kier alpha value is -2.24. The van der Waals surface area contributed by atoms with Crippen LogP contribution in [0.15, 0.2) is 18.2 Å². The van der Waals surface area contributed by atoms with Gasteiger partial charge in [0.05, 0.1) is 0 Å². The van der Waals surface area contributed by atoms with Crippen LogP contribution in [0.4, 0.5) is 4.79 Å². The van der Waals surface area contributed by atoms with Gasteiger partial charge in [-0.3, -0.25) is 0 Å². The lowest BCUT2D eigenvalue weighted by atomic mass is 10.1. The van der Waals surface area contributed by atoms with E-state index < -0.39 is 12.1 Å². The van der Waals surface area contributed by atoms with E-state index >= 15 is 0 Å². The maximum atomic E-state index is 10.6. The molecule has 0 radical (unpaired) electrons. The molecule has 0 saturated carbocycles. The molecule has 0 fully saturated rings. The molecule has 0 amide bonds. The topological polar surface area (TPSA) is 115 Å². The van der Waals surface area contributed by atoms with E-state index in [-0.39, 0.29) is 11.3 Å². The molecule has 6 heteroatoms. The molecule has 0 saturated heterocycles. The second-order valence-electron chi connectivity index (χ2n) is 3.15. The summed E-state index contributed by atoms with van der Waals surface area (Å²) in [5, 5.41) is 32.2. The molecule has 0 heterocycles. The predicted molar refractivity (Wildman–Crippen MR) is 59.7 cm³/mol. The Kier molecular flexibility index (Phi) is 6.17. The maximum absolute atomic E-state index is 10.6. The molecule has 17 heavy (non-hydrogen) atoms. The van der Waals surface area contributed by atoms with Gasteiger partial charge in [-0.2, -0.15) is 0 Å². The summed E-state index contributed by atoms with van der Waals surface area (Å²) in [4.78, 5) is 19.2. The number of aromatic hydroxyl groups is 1. The lowest BCUT2D eigenvalue weighted by Gasteiger charge is -2.04. The highest BCUT2D eigenvalue weighted by Crippen LogP contribution is 2.23. The Balaban J connectivity index is 0.000000557. The zero-order valence-corrected chi connectivity index (χ0v) is 9.25. The van der Waals surface area contributed by atoms with Crippen LogP contribution < -0.4 is 0 Å². The SMILES string of the molecule is CCCc1cccc(C(=O)O)c1O.O=C(O)O. The van der Waals surface area contributed by atoms with Gasteiger partial charge in [-0.05, 0) is 18.1 Å². The fraction of sp³-hybridized carbons (Fsp3) is 0.273. The number of carboxylic acid groups (broad SMARTS) is 3. The maximum Gasteiger partial charge on any atom is 0.503 e. The van der Waals surface area contributed by atoms with Crippen molar-refractivity contribution < 1.29 is 30.0 Å². The molecule has 0 atom stereocenters. The summed E-state index contributed by atoms with van der Waals surface area (Å²) in [6, 6.07) is 4.79. The third kappa shape index (κ3) is 5.41. The summed E-state index contributed by atoms with van der Waals surface area (Å²) < 4.78 is 0. The van der Waals surface area contributed by atoms with Gasteiger partial charge in [-0.15, -0.1) is 0 Å². The normalized spacial score (nSPS) is 9.00. The van der Waals surface area contributed by atoms with E-state index in [0.29, 0.717) is 12.0 Å². The van der Waals surface area contributed by atoms with Gasteiger partial charge >= 0.3 is 12.1 Å². The number of aryl methyl sites for hydroxylation is 1. The number of hydrogen-bond donors (Lipinski definition) is 4. The fourth-order valence-corrected chi connectivity index (χ4v) is 1.23. The molecule has 0 unspecified atom stereocenters. The van der Waals surface area contributed by atoms with Crippen LogP contribution in [-0.4, -0.2) is 32.6 Å². The molecular weight excluding hydrogens is 228 g/mol. The molecule has 0 aromatic heterocycles. The first-order valence-electron chi connectivity index (χ1n) is 4.86. The van der Waals surface area contributed by atoms with Crippen LogP contribution in [0.2, 0.25) is 0 Å². The number of benzene rings is 1. The summed E-state index contributed by atoms with van der Waals surface area (Å²) in [5.41, 5.74) is 0.674. The summed E-state index contributed by atoms with van der Waals surface area (Å²) >= 11 is 0. The number of para-hydroxylation sites is 1. The monoisotopic (exact) mass is 242 g/mol. The van der Waals surface area contributed by atoms with Crippen molar-refractivity contribution in [2.45, 2.75) is 19.8 Å². The van der Waals surface area contributed by atoms with Gasteiger partial charge in [0.15, 0.2) is 0 Å². The molecule has 1 aromatic carbocycles. The van der Waals surface area contributed by atoms with Crippen LogP contribution in [-0.2, 0) is 6.42 Å². The zero-order chi connectivity index (χ0) is 13.4. The van der Waals surface area contributed by atoms with Crippen molar-refractivity contribution in [2.75, 3.05) is 0 Å². The van der Waals surface area contributed by atoms with E-state index in [1.54, 1.807) is 12.1 Å². The summed E-state index contributed by atoms with van der Waals surface area (Å²) in [7, 11) is 0. The van der Waals surface area contributed by atoms with Gasteiger partial charge < -0.3 is 20.4 Å². The first-order valence-corrected chi connectivity index (χ1v) is 4.86. The standard InChI is InChI=1S/C10H12O3.CH2O3/c1-2-4-7-5-3-6-8(9(7)11)10(12)13;2-1(3)4/h3,5-6,11H,2,4H2,1H3,(H,12,13);(H2,2,3,4). The predicted octanol–water partition coefficient (Wildman–Crippen LogP) is 2.27. The Bertz CT molecular complexity index is 395. The smallest absolute Gasteiger partial charge is 0.503 e. The number of hydrogen-bond acceptors (Lipinski definition) is 3. The van der Waals surface area contributed by atoms with Crippen molar-refractivity contribution in [1.82, 2.24) is 0 Å². The summed E-state index contributed by atoms with van der Waals surface area (Å²) in [6.07, 6.45) is -0.246. The van der Waals surface area contributed by atoms with Crippen molar-refractivity contribution in [3.8, 4) is 5.75 Å². The minimum absolute atomic E-state index is 0.0223. The Morgan fingerprint density at radius 3 is 2.12 bits per heavy atom. The minimum atomic E-state index is -1.83. The lowest BCUT2D eigenvalue weighted by Crippen LogP contribution is -1.98. The van der Waals surface area contributed by atoms with Crippen molar-refractivity contribution in [2.24, 2.45) is 0 Å². The van der Waals surface area contributed by atoms with E-state index in [0.717, 1.165) is 6.42 Å². The third-order valence-corrected chi connectivity index (χ3v) is 1.87. The lowest BCUT2D eigenvalue weighted by molar-refractivity contribution is 0.0693. The van der Waals surface area contributed by atoms with Gasteiger partial charge in [-0.1, -0.05) is 25.5 Å². The van der Waals surface area contributed by atoms with Gasteiger partial charge in [0, 0.05) is 0 Å². The largest absolute Gasteiger partial charge is 0.507 e. The summed E-state index contributed by atoms with van der Waals surface area (Å²) in [5.74, 6) is -1.19. The number of aromatic carboxylic acids is 1. The van der Waals surface area contributed by atoms with Crippen molar-refractivity contribution in [3.63, 3.8) is 0 Å². The van der Waals surface area contributed by atoms with E-state index in [1.165, 1.54) is 6.07 Å². The molecule has 6 nitrogen and oxygen atoms in total. The number of phenols is 1. The Morgan fingerprint density at radius 2 is 1.71 bits per heavy atom. The van der Waals surface area contributed by atoms with Crippen LogP contribution in [0.5, 0.6) is 5.75 Å². The molecule has 0 aliphatic heterocycles. The molecule has 0 aliphatic rings. The quantitative estimate of drug-likeness (QED) is 0.646. The number of rotatable bonds is 3. The van der Waals surface area contributed by atoms with Crippen molar-refractivity contribution >= 4 is 12.1 Å². The molecule has 94 valence electrons. The molecule has 4 N–H and O–H groups in total. The minimum Gasteiger partial charge on any atom is -0.507 e. The van der Waals surface area contributed by atoms with E-state index in [9.17, 15) is 9.90 Å². The van der Waals surface area contributed by atoms with Crippen LogP contribution in [0.1, 0.15) is 29.3 Å². The second-order valence-corrected chi connectivity index (χ2v) is 3.15. The first kappa shape index (κ1) is 14.8. The van der Waals surface area contributed by atoms with E-state index in [4.69, 9.17) is 20.1 Å². The van der Waals surface area contributed by atoms with Crippen molar-refractivity contribution in [3.05, 3.63) is 29.3 Å². The van der Waals surface area contributed by atoms with Crippen molar-refractivity contribution in [1.29, 1.82) is 0 Å². The van der Waals surface area contributed by atoms with Gasteiger partial charge in [0.25, 0.3) is 0 Å². The highest BCUT2D eigenvalue weighted by Gasteiger charge is 2.11. The highest BCUT2D eigenvalue weighted by atomic mass is 16.6. The number of carbonyl (C=O) groups is 2. The molecular formula is C11H14O6. The van der Waals surface area contributed by atoms with Crippen LogP contribution in [0.25, 0.3) is 0 Å². The van der Waals surface area contributed by atoms with Gasteiger partial charge in [0.2, 0.25) is 0 Å². The fourth-order valence-electron chi connectivity index (χ4n) is 1.23. The highest BCUT2D eigenvalue weighted by molar-refractivity contribution is 5.91. The molecule has 1 aromatic rings. The van der Waals surface area contributed by atoms with Crippen LogP contribution >= 0.6 is 0 Å². The molecule has 1 rings (SSSR count). The van der Waals surface area contributed by atoms with Gasteiger partial charge in [0.1, 0.15) is 11.3 Å². The third-order valence-electron chi connectivity index (χ3n) is 1.87. The van der Waals surface area contributed by atoms with Crippen LogP contribution in [0, 0.1) is 0 Å². The summed E-state index contributed by atoms with van der Waals surface area (Å²) in [6.45, 7) is 1.98. The zero-order valence-electron chi connectivity index (χ0n) is 9.25.